The van der Waals surface area contributed by atoms with Crippen LogP contribution in [0.5, 0.6) is 0 Å². The van der Waals surface area contributed by atoms with E-state index in [4.69, 9.17) is 0 Å². The average Bonchev–Trinajstić information content (AvgIpc) is 2.16. The molecule has 66 valence electrons. The number of carbonyl (C=O) groups excluding carboxylic acids is 1. The Morgan fingerprint density at radius 2 is 2.31 bits per heavy atom. The molecule has 0 amide bonds. The van der Waals surface area contributed by atoms with Gasteiger partial charge in [-0.05, 0) is 24.6 Å². The minimum absolute atomic E-state index is 0.605. The lowest BCUT2D eigenvalue weighted by Crippen LogP contribution is -1.89. The molecule has 0 saturated heterocycles. The normalized spacial score (nSPS) is 10.2. The number of hydrogen-bond donors (Lipinski definition) is 0. The van der Waals surface area contributed by atoms with Crippen molar-refractivity contribution in [3.8, 4) is 0 Å². The van der Waals surface area contributed by atoms with Crippen molar-refractivity contribution in [1.82, 2.24) is 4.98 Å². The van der Waals surface area contributed by atoms with E-state index in [-0.39, 0.29) is 0 Å². The highest BCUT2D eigenvalue weighted by Gasteiger charge is 1.96. The second kappa shape index (κ2) is 4.36. The molecule has 0 aromatic carbocycles. The molecule has 1 aromatic rings. The molecule has 0 bridgehead atoms. The molecule has 1 rings (SSSR count). The van der Waals surface area contributed by atoms with Crippen molar-refractivity contribution >= 4 is 12.4 Å². The molecule has 0 spiro atoms. The summed E-state index contributed by atoms with van der Waals surface area (Å²) in [5.74, 6) is 0. The summed E-state index contributed by atoms with van der Waals surface area (Å²) in [6.45, 7) is 5.49. The molecule has 0 saturated carbocycles. The van der Waals surface area contributed by atoms with Gasteiger partial charge in [-0.2, -0.15) is 0 Å². The van der Waals surface area contributed by atoms with E-state index >= 15 is 0 Å². The van der Waals surface area contributed by atoms with Crippen molar-refractivity contribution in [2.24, 2.45) is 0 Å². The van der Waals surface area contributed by atoms with E-state index in [1.165, 1.54) is 0 Å². The lowest BCUT2D eigenvalue weighted by atomic mass is 10.1. The van der Waals surface area contributed by atoms with Gasteiger partial charge in [-0.15, -0.1) is 0 Å². The molecular formula is C11H11NO. The van der Waals surface area contributed by atoms with Gasteiger partial charge in [0, 0.05) is 11.8 Å². The molecular weight excluding hydrogens is 162 g/mol. The van der Waals surface area contributed by atoms with Gasteiger partial charge in [-0.25, -0.2) is 0 Å². The quantitative estimate of drug-likeness (QED) is 0.519. The van der Waals surface area contributed by atoms with Crippen LogP contribution in [-0.4, -0.2) is 11.3 Å². The van der Waals surface area contributed by atoms with Crippen LogP contribution < -0.4 is 0 Å². The zero-order chi connectivity index (χ0) is 9.68. The van der Waals surface area contributed by atoms with E-state index in [0.717, 1.165) is 17.5 Å². The van der Waals surface area contributed by atoms with E-state index in [1.807, 2.05) is 25.1 Å². The molecule has 0 atom stereocenters. The van der Waals surface area contributed by atoms with Gasteiger partial charge in [0.2, 0.25) is 0 Å². The van der Waals surface area contributed by atoms with Crippen molar-refractivity contribution in [1.29, 1.82) is 0 Å². The third kappa shape index (κ3) is 2.37. The summed E-state index contributed by atoms with van der Waals surface area (Å²) in [7, 11) is 0. The molecule has 0 aliphatic heterocycles. The summed E-state index contributed by atoms with van der Waals surface area (Å²) in [4.78, 5) is 14.5. The molecule has 1 aromatic heterocycles. The van der Waals surface area contributed by atoms with Gasteiger partial charge in [0.1, 0.15) is 0 Å². The summed E-state index contributed by atoms with van der Waals surface area (Å²) >= 11 is 0. The fraction of sp³-hybridized carbons (Fsp3) is 0.0909. The highest BCUT2D eigenvalue weighted by Crippen LogP contribution is 2.07. The van der Waals surface area contributed by atoms with Gasteiger partial charge in [-0.1, -0.05) is 18.7 Å². The topological polar surface area (TPSA) is 30.0 Å². The monoisotopic (exact) mass is 173 g/mol. The number of nitrogens with zero attached hydrogens (tertiary/aromatic N) is 1. The van der Waals surface area contributed by atoms with E-state index in [1.54, 1.807) is 12.3 Å². The van der Waals surface area contributed by atoms with E-state index in [0.29, 0.717) is 5.56 Å². The second-order valence-corrected chi connectivity index (χ2v) is 2.68. The number of pyridine rings is 1. The first kappa shape index (κ1) is 9.39. The maximum atomic E-state index is 10.4. The third-order valence-corrected chi connectivity index (χ3v) is 1.67. The fourth-order valence-corrected chi connectivity index (χ4v) is 1.01. The first-order chi connectivity index (χ1) is 6.27. The Bertz CT molecular complexity index is 353. The van der Waals surface area contributed by atoms with Crippen LogP contribution in [0.25, 0.3) is 6.08 Å². The van der Waals surface area contributed by atoms with Crippen LogP contribution in [0, 0.1) is 6.92 Å². The highest BCUT2D eigenvalue weighted by molar-refractivity contribution is 5.75. The predicted molar refractivity (Wildman–Crippen MR) is 53.6 cm³/mol. The summed E-state index contributed by atoms with van der Waals surface area (Å²) in [5.41, 5.74) is 2.46. The van der Waals surface area contributed by atoms with Crippen molar-refractivity contribution in [2.75, 3.05) is 0 Å². The van der Waals surface area contributed by atoms with Gasteiger partial charge in [0.15, 0.2) is 6.29 Å². The summed E-state index contributed by atoms with van der Waals surface area (Å²) in [5, 5.41) is 0. The Morgan fingerprint density at radius 3 is 2.85 bits per heavy atom. The van der Waals surface area contributed by atoms with Crippen LogP contribution in [0.3, 0.4) is 0 Å². The molecule has 0 radical (unpaired) electrons. The maximum Gasteiger partial charge on any atom is 0.151 e. The maximum absolute atomic E-state index is 10.4. The molecule has 0 unspecified atom stereocenters. The van der Waals surface area contributed by atoms with Crippen LogP contribution >= 0.6 is 0 Å². The van der Waals surface area contributed by atoms with Gasteiger partial charge in [0.25, 0.3) is 0 Å². The van der Waals surface area contributed by atoms with Gasteiger partial charge < -0.3 is 0 Å². The van der Waals surface area contributed by atoms with Crippen LogP contribution in [0.1, 0.15) is 21.6 Å². The second-order valence-electron chi connectivity index (χ2n) is 2.68. The van der Waals surface area contributed by atoms with Crippen LogP contribution in [0.2, 0.25) is 0 Å². The standard InChI is InChI=1S/C11H11NO/c1-3-4-5-11-9(2)6-10(8-13)7-12-11/h3-8H,1H2,2H3/b5-4-. The summed E-state index contributed by atoms with van der Waals surface area (Å²) in [6, 6.07) is 1.81. The number of aromatic nitrogens is 1. The summed E-state index contributed by atoms with van der Waals surface area (Å²) in [6.07, 6.45) is 7.71. The minimum atomic E-state index is 0.605. The first-order valence-electron chi connectivity index (χ1n) is 3.99. The Labute approximate surface area is 77.6 Å². The molecule has 2 nitrogen and oxygen atoms in total. The Morgan fingerprint density at radius 1 is 1.54 bits per heavy atom. The van der Waals surface area contributed by atoms with E-state index < -0.39 is 0 Å². The largest absolute Gasteiger partial charge is 0.298 e. The Kier molecular flexibility index (Phi) is 3.15. The zero-order valence-electron chi connectivity index (χ0n) is 7.53. The van der Waals surface area contributed by atoms with Crippen LogP contribution in [0.15, 0.2) is 31.0 Å². The zero-order valence-corrected chi connectivity index (χ0v) is 7.53. The minimum Gasteiger partial charge on any atom is -0.298 e. The number of aldehydes is 1. The number of aryl methyl sites for hydroxylation is 1. The van der Waals surface area contributed by atoms with Crippen LogP contribution in [0.4, 0.5) is 0 Å². The lowest BCUT2D eigenvalue weighted by molar-refractivity contribution is 0.112. The summed E-state index contributed by atoms with van der Waals surface area (Å²) < 4.78 is 0. The number of rotatable bonds is 3. The SMILES string of the molecule is C=C/C=C\c1ncc(C=O)cc1C. The van der Waals surface area contributed by atoms with Crippen molar-refractivity contribution < 1.29 is 4.79 Å². The number of hydrogen-bond acceptors (Lipinski definition) is 2. The molecule has 1 heterocycles. The highest BCUT2D eigenvalue weighted by atomic mass is 16.1. The molecule has 13 heavy (non-hydrogen) atoms. The number of allylic oxidation sites excluding steroid dienone is 2. The van der Waals surface area contributed by atoms with E-state index in [2.05, 4.69) is 11.6 Å². The molecule has 0 aliphatic rings. The predicted octanol–water partition coefficient (Wildman–Crippen LogP) is 2.40. The van der Waals surface area contributed by atoms with Gasteiger partial charge >= 0.3 is 0 Å². The Balaban J connectivity index is 3.04. The van der Waals surface area contributed by atoms with Crippen molar-refractivity contribution in [3.63, 3.8) is 0 Å². The van der Waals surface area contributed by atoms with E-state index in [9.17, 15) is 4.79 Å². The smallest absolute Gasteiger partial charge is 0.151 e. The molecule has 0 N–H and O–H groups in total. The Hall–Kier alpha value is -1.70. The number of carbonyl (C=O) groups is 1. The first-order valence-corrected chi connectivity index (χ1v) is 3.99. The van der Waals surface area contributed by atoms with Crippen molar-refractivity contribution in [2.45, 2.75) is 6.92 Å². The third-order valence-electron chi connectivity index (χ3n) is 1.67. The van der Waals surface area contributed by atoms with Crippen molar-refractivity contribution in [3.05, 3.63) is 47.8 Å². The van der Waals surface area contributed by atoms with Gasteiger partial charge in [0.05, 0.1) is 5.69 Å². The van der Waals surface area contributed by atoms with Gasteiger partial charge in [-0.3, -0.25) is 9.78 Å². The van der Waals surface area contributed by atoms with Crippen LogP contribution in [-0.2, 0) is 0 Å². The molecule has 2 heteroatoms. The fourth-order valence-electron chi connectivity index (χ4n) is 1.01. The lowest BCUT2D eigenvalue weighted by Gasteiger charge is -1.98. The molecule has 0 aliphatic carbocycles. The molecule has 0 fully saturated rings. The average molecular weight is 173 g/mol.